The average Bonchev–Trinajstić information content (AvgIpc) is 3.21. The van der Waals surface area contributed by atoms with Gasteiger partial charge in [-0.15, -0.1) is 0 Å². The van der Waals surface area contributed by atoms with Crippen LogP contribution in [0.3, 0.4) is 0 Å². The Bertz CT molecular complexity index is 869. The summed E-state index contributed by atoms with van der Waals surface area (Å²) in [6.07, 6.45) is 12.9. The maximum Gasteiger partial charge on any atom is 0.221 e. The van der Waals surface area contributed by atoms with E-state index in [2.05, 4.69) is 38.7 Å². The molecule has 1 spiro atoms. The monoisotopic (exact) mass is 455 g/mol. The number of likely N-dealkylation sites (tertiary alicyclic amines) is 1. The summed E-state index contributed by atoms with van der Waals surface area (Å²) in [6.45, 7) is 12.4. The molecule has 0 bridgehead atoms. The fourth-order valence-corrected chi connectivity index (χ4v) is 10.5. The number of amides is 1. The number of nitrogens with zero attached hydrogens (tertiary/aromatic N) is 1. The molecule has 33 heavy (non-hydrogen) atoms. The minimum atomic E-state index is -0.371. The van der Waals surface area contributed by atoms with Gasteiger partial charge < -0.3 is 14.7 Å². The van der Waals surface area contributed by atoms with Crippen molar-refractivity contribution in [2.75, 3.05) is 6.54 Å². The number of fused-ring (bicyclic) bond motifs is 7. The first-order chi connectivity index (χ1) is 15.6. The zero-order chi connectivity index (χ0) is 23.3. The van der Waals surface area contributed by atoms with Crippen LogP contribution in [0.5, 0.6) is 0 Å². The van der Waals surface area contributed by atoms with Gasteiger partial charge in [0.1, 0.15) is 5.72 Å². The summed E-state index contributed by atoms with van der Waals surface area (Å²) < 4.78 is 7.09. The third-order valence-electron chi connectivity index (χ3n) is 12.1. The van der Waals surface area contributed by atoms with Gasteiger partial charge in [0.25, 0.3) is 0 Å². The van der Waals surface area contributed by atoms with Gasteiger partial charge in [-0.05, 0) is 98.2 Å². The van der Waals surface area contributed by atoms with Crippen molar-refractivity contribution in [1.29, 1.82) is 0 Å². The van der Waals surface area contributed by atoms with Gasteiger partial charge in [0.15, 0.2) is 0 Å². The third kappa shape index (κ3) is 2.92. The van der Waals surface area contributed by atoms with Crippen LogP contribution in [-0.2, 0) is 9.53 Å². The van der Waals surface area contributed by atoms with Crippen molar-refractivity contribution in [1.82, 2.24) is 4.90 Å². The summed E-state index contributed by atoms with van der Waals surface area (Å²) in [6, 6.07) is 0. The number of hydrogen-bond donors (Lipinski definition) is 1. The number of aliphatic hydroxyl groups excluding tert-OH is 1. The molecule has 2 aliphatic heterocycles. The van der Waals surface area contributed by atoms with E-state index in [0.29, 0.717) is 34.7 Å². The molecular weight excluding hydrogens is 410 g/mol. The number of piperidine rings is 1. The highest BCUT2D eigenvalue weighted by atomic mass is 16.5. The van der Waals surface area contributed by atoms with E-state index >= 15 is 0 Å². The van der Waals surface area contributed by atoms with Crippen molar-refractivity contribution in [3.8, 4) is 0 Å². The van der Waals surface area contributed by atoms with E-state index in [1.807, 2.05) is 0 Å². The Morgan fingerprint density at radius 3 is 2.67 bits per heavy atom. The number of carbonyl (C=O) groups excluding carboxylic acids is 1. The number of allylic oxidation sites excluding steroid dienone is 1. The first kappa shape index (κ1) is 22.6. The van der Waals surface area contributed by atoms with Gasteiger partial charge in [-0.2, -0.15) is 0 Å². The largest absolute Gasteiger partial charge is 0.393 e. The van der Waals surface area contributed by atoms with Crippen LogP contribution < -0.4 is 0 Å². The zero-order valence-electron chi connectivity index (χ0n) is 21.5. The van der Waals surface area contributed by atoms with Gasteiger partial charge in [-0.3, -0.25) is 4.79 Å². The van der Waals surface area contributed by atoms with E-state index in [1.165, 1.54) is 25.7 Å². The maximum absolute atomic E-state index is 12.7. The molecule has 0 aromatic carbocycles. The van der Waals surface area contributed by atoms with Crippen LogP contribution in [0.25, 0.3) is 0 Å². The van der Waals surface area contributed by atoms with Gasteiger partial charge in [0, 0.05) is 19.4 Å². The van der Waals surface area contributed by atoms with Crippen molar-refractivity contribution in [3.63, 3.8) is 0 Å². The molecule has 1 amide bonds. The Labute approximate surface area is 200 Å². The van der Waals surface area contributed by atoms with E-state index in [4.69, 9.17) is 4.74 Å². The zero-order valence-corrected chi connectivity index (χ0v) is 21.5. The Hall–Kier alpha value is -0.870. The van der Waals surface area contributed by atoms with Crippen LogP contribution in [-0.4, -0.2) is 40.4 Å². The molecule has 8 unspecified atom stereocenters. The molecule has 1 N–H and O–H groups in total. The molecule has 184 valence electrons. The van der Waals surface area contributed by atoms with Gasteiger partial charge in [-0.1, -0.05) is 39.3 Å². The molecule has 3 saturated carbocycles. The summed E-state index contributed by atoms with van der Waals surface area (Å²) >= 11 is 0. The molecule has 6 aliphatic rings. The van der Waals surface area contributed by atoms with Crippen LogP contribution in [0.15, 0.2) is 11.6 Å². The second-order valence-corrected chi connectivity index (χ2v) is 13.5. The fraction of sp³-hybridized carbons (Fsp3) is 0.897. The summed E-state index contributed by atoms with van der Waals surface area (Å²) in [5.74, 6) is 3.95. The van der Waals surface area contributed by atoms with Gasteiger partial charge in [0.2, 0.25) is 5.91 Å². The molecule has 4 nitrogen and oxygen atoms in total. The summed E-state index contributed by atoms with van der Waals surface area (Å²) in [7, 11) is 0. The number of hydrogen-bond acceptors (Lipinski definition) is 3. The molecule has 0 aromatic heterocycles. The summed E-state index contributed by atoms with van der Waals surface area (Å²) in [5, 5.41) is 10.3. The molecule has 6 rings (SSSR count). The molecular formula is C29H45NO3. The molecule has 2 saturated heterocycles. The molecule has 2 heterocycles. The van der Waals surface area contributed by atoms with Crippen molar-refractivity contribution >= 4 is 5.91 Å². The van der Waals surface area contributed by atoms with Crippen LogP contribution in [0, 0.1) is 46.3 Å². The van der Waals surface area contributed by atoms with E-state index < -0.39 is 0 Å². The lowest BCUT2D eigenvalue weighted by Gasteiger charge is -2.59. The molecule has 5 fully saturated rings. The molecule has 4 heteroatoms. The lowest BCUT2D eigenvalue weighted by Crippen LogP contribution is -2.60. The second kappa shape index (κ2) is 7.32. The minimum Gasteiger partial charge on any atom is -0.393 e. The SMILES string of the molecule is CC(=O)N1CC(C)CC[C@@]12OC1CC3C4CC=C5CC(O)CC[C@]5(C)C4CC[C@]3(C)C1C2C. The highest BCUT2D eigenvalue weighted by Crippen LogP contribution is 2.70. The van der Waals surface area contributed by atoms with E-state index in [9.17, 15) is 9.90 Å². The number of rotatable bonds is 0. The van der Waals surface area contributed by atoms with Crippen LogP contribution in [0.1, 0.15) is 92.4 Å². The van der Waals surface area contributed by atoms with Gasteiger partial charge in [-0.25, -0.2) is 0 Å². The number of ether oxygens (including phenoxy) is 1. The number of aliphatic hydroxyl groups is 1. The Morgan fingerprint density at radius 2 is 1.91 bits per heavy atom. The predicted octanol–water partition coefficient (Wildman–Crippen LogP) is 5.55. The first-order valence-electron chi connectivity index (χ1n) is 13.9. The lowest BCUT2D eigenvalue weighted by molar-refractivity contribution is -0.200. The fourth-order valence-electron chi connectivity index (χ4n) is 10.5. The topological polar surface area (TPSA) is 49.8 Å². The predicted molar refractivity (Wildman–Crippen MR) is 129 cm³/mol. The lowest BCUT2D eigenvalue weighted by atomic mass is 9.47. The van der Waals surface area contributed by atoms with Gasteiger partial charge in [0.05, 0.1) is 12.2 Å². The summed E-state index contributed by atoms with van der Waals surface area (Å²) in [4.78, 5) is 14.9. The van der Waals surface area contributed by atoms with E-state index in [-0.39, 0.29) is 17.7 Å². The highest BCUT2D eigenvalue weighted by Gasteiger charge is 2.69. The standard InChI is InChI=1S/C29H45NO3/c1-17-8-13-29(30(16-17)19(3)31)18(2)26-25(33-29)15-24-22-7-6-20-14-21(32)9-11-27(20,4)23(22)10-12-28(24,26)5/h6,17-18,21-26,32H,7-16H2,1-5H3/t17?,18?,21?,22?,23?,24?,25?,26?,27-,28-,29-/m0/s1. The van der Waals surface area contributed by atoms with E-state index in [0.717, 1.165) is 56.4 Å². The Kier molecular flexibility index (Phi) is 5.01. The van der Waals surface area contributed by atoms with E-state index in [1.54, 1.807) is 12.5 Å². The molecule has 0 aromatic rings. The summed E-state index contributed by atoms with van der Waals surface area (Å²) in [5.41, 5.74) is 1.79. The van der Waals surface area contributed by atoms with Crippen molar-refractivity contribution in [2.24, 2.45) is 46.3 Å². The third-order valence-corrected chi connectivity index (χ3v) is 12.1. The van der Waals surface area contributed by atoms with Crippen LogP contribution >= 0.6 is 0 Å². The smallest absolute Gasteiger partial charge is 0.221 e. The van der Waals surface area contributed by atoms with Crippen LogP contribution in [0.2, 0.25) is 0 Å². The molecule has 0 radical (unpaired) electrons. The van der Waals surface area contributed by atoms with Crippen molar-refractivity contribution in [2.45, 2.75) is 110 Å². The van der Waals surface area contributed by atoms with Crippen molar-refractivity contribution < 1.29 is 14.6 Å². The van der Waals surface area contributed by atoms with Crippen LogP contribution in [0.4, 0.5) is 0 Å². The van der Waals surface area contributed by atoms with Gasteiger partial charge >= 0.3 is 0 Å². The highest BCUT2D eigenvalue weighted by molar-refractivity contribution is 5.74. The molecule has 4 aliphatic carbocycles. The minimum absolute atomic E-state index is 0.131. The number of carbonyl (C=O) groups is 1. The first-order valence-corrected chi connectivity index (χ1v) is 13.9. The normalized spacial score (nSPS) is 55.5. The Balaban J connectivity index is 1.30. The van der Waals surface area contributed by atoms with Crippen molar-refractivity contribution in [3.05, 3.63) is 11.6 Å². The average molecular weight is 456 g/mol. The maximum atomic E-state index is 12.7. The Morgan fingerprint density at radius 1 is 1.12 bits per heavy atom. The second-order valence-electron chi connectivity index (χ2n) is 13.5. The molecule has 11 atom stereocenters. The quantitative estimate of drug-likeness (QED) is 0.488.